The van der Waals surface area contributed by atoms with Crippen molar-refractivity contribution in [1.29, 1.82) is 0 Å². The van der Waals surface area contributed by atoms with E-state index < -0.39 is 15.8 Å². The zero-order valence-electron chi connectivity index (χ0n) is 17.4. The van der Waals surface area contributed by atoms with Crippen LogP contribution in [0, 0.1) is 11.7 Å². The third kappa shape index (κ3) is 4.76. The van der Waals surface area contributed by atoms with E-state index in [-0.39, 0.29) is 34.4 Å². The van der Waals surface area contributed by atoms with Crippen molar-refractivity contribution in [2.75, 3.05) is 30.9 Å². The largest absolute Gasteiger partial charge is 0.369 e. The number of carbonyl (C=O) groups is 2. The number of piperidine rings is 1. The molecule has 2 aliphatic heterocycles. The SMILES string of the molecule is NC(=O)C1CCN(C2CN(C(=O)c3cccc(NS(=O)(=O)c4cccc(F)c4)c3)C2)CC1. The van der Waals surface area contributed by atoms with Gasteiger partial charge in [-0.05, 0) is 62.3 Å². The van der Waals surface area contributed by atoms with Crippen LogP contribution >= 0.6 is 0 Å². The second-order valence-corrected chi connectivity index (χ2v) is 9.90. The molecule has 3 N–H and O–H groups in total. The van der Waals surface area contributed by atoms with Gasteiger partial charge in [-0.2, -0.15) is 0 Å². The summed E-state index contributed by atoms with van der Waals surface area (Å²) in [5, 5.41) is 0. The Morgan fingerprint density at radius 2 is 1.72 bits per heavy atom. The number of hydrogen-bond acceptors (Lipinski definition) is 5. The quantitative estimate of drug-likeness (QED) is 0.681. The Morgan fingerprint density at radius 3 is 2.38 bits per heavy atom. The van der Waals surface area contributed by atoms with Gasteiger partial charge in [-0.3, -0.25) is 19.2 Å². The van der Waals surface area contributed by atoms with Crippen LogP contribution in [0.2, 0.25) is 0 Å². The minimum atomic E-state index is -3.98. The zero-order chi connectivity index (χ0) is 22.9. The molecule has 0 unspecified atom stereocenters. The minimum absolute atomic E-state index is 0.0667. The highest BCUT2D eigenvalue weighted by atomic mass is 32.2. The average Bonchev–Trinajstić information content (AvgIpc) is 2.73. The van der Waals surface area contributed by atoms with E-state index in [9.17, 15) is 22.4 Å². The summed E-state index contributed by atoms with van der Waals surface area (Å²) in [6.45, 7) is 2.74. The fraction of sp³-hybridized carbons (Fsp3) is 0.364. The van der Waals surface area contributed by atoms with Crippen LogP contribution in [-0.2, 0) is 14.8 Å². The van der Waals surface area contributed by atoms with Crippen molar-refractivity contribution >= 4 is 27.5 Å². The molecule has 0 aliphatic carbocycles. The molecule has 10 heteroatoms. The van der Waals surface area contributed by atoms with E-state index >= 15 is 0 Å². The van der Waals surface area contributed by atoms with Crippen molar-refractivity contribution in [3.63, 3.8) is 0 Å². The molecular weight excluding hydrogens is 435 g/mol. The normalized spacial score (nSPS) is 18.2. The zero-order valence-corrected chi connectivity index (χ0v) is 18.2. The van der Waals surface area contributed by atoms with Crippen LogP contribution in [0.25, 0.3) is 0 Å². The third-order valence-electron chi connectivity index (χ3n) is 6.07. The fourth-order valence-electron chi connectivity index (χ4n) is 4.15. The van der Waals surface area contributed by atoms with Gasteiger partial charge in [-0.15, -0.1) is 0 Å². The molecule has 0 atom stereocenters. The van der Waals surface area contributed by atoms with Crippen molar-refractivity contribution in [3.05, 3.63) is 59.9 Å². The minimum Gasteiger partial charge on any atom is -0.369 e. The molecule has 4 rings (SSSR count). The topological polar surface area (TPSA) is 113 Å². The summed E-state index contributed by atoms with van der Waals surface area (Å²) < 4.78 is 40.8. The number of primary amides is 1. The smallest absolute Gasteiger partial charge is 0.261 e. The van der Waals surface area contributed by atoms with E-state index in [1.54, 1.807) is 17.0 Å². The molecule has 2 aliphatic rings. The van der Waals surface area contributed by atoms with Crippen LogP contribution < -0.4 is 10.5 Å². The number of halogens is 1. The number of sulfonamides is 1. The van der Waals surface area contributed by atoms with Gasteiger partial charge in [0.05, 0.1) is 4.90 Å². The van der Waals surface area contributed by atoms with E-state index in [1.807, 2.05) is 0 Å². The van der Waals surface area contributed by atoms with Gasteiger partial charge in [-0.25, -0.2) is 12.8 Å². The Hall–Kier alpha value is -2.98. The van der Waals surface area contributed by atoms with Gasteiger partial charge >= 0.3 is 0 Å². The third-order valence-corrected chi connectivity index (χ3v) is 7.44. The molecule has 0 saturated carbocycles. The molecule has 2 fully saturated rings. The summed E-state index contributed by atoms with van der Waals surface area (Å²) in [6, 6.07) is 11.2. The summed E-state index contributed by atoms with van der Waals surface area (Å²) >= 11 is 0. The molecule has 0 bridgehead atoms. The Kier molecular flexibility index (Phi) is 6.16. The average molecular weight is 461 g/mol. The molecule has 32 heavy (non-hydrogen) atoms. The molecule has 2 aromatic rings. The number of anilines is 1. The van der Waals surface area contributed by atoms with Crippen LogP contribution in [0.1, 0.15) is 23.2 Å². The molecular formula is C22H25FN4O4S. The van der Waals surface area contributed by atoms with Crippen molar-refractivity contribution in [3.8, 4) is 0 Å². The van der Waals surface area contributed by atoms with E-state index in [0.29, 0.717) is 18.7 Å². The first-order valence-corrected chi connectivity index (χ1v) is 11.9. The Bertz CT molecular complexity index is 1130. The standard InChI is InChI=1S/C22H25FN4O4S/c23-17-4-2-6-20(12-17)32(30,31)25-18-5-1-3-16(11-18)22(29)27-13-19(14-27)26-9-7-15(8-10-26)21(24)28/h1-6,11-12,15,19,25H,7-10,13-14H2,(H2,24,28). The van der Waals surface area contributed by atoms with Gasteiger partial charge in [0.2, 0.25) is 5.91 Å². The van der Waals surface area contributed by atoms with Gasteiger partial charge in [0.15, 0.2) is 0 Å². The first kappa shape index (κ1) is 22.2. The number of likely N-dealkylation sites (tertiary alicyclic amines) is 2. The predicted octanol–water partition coefficient (Wildman–Crippen LogP) is 1.65. The molecule has 2 saturated heterocycles. The van der Waals surface area contributed by atoms with Gasteiger partial charge < -0.3 is 10.6 Å². The lowest BCUT2D eigenvalue weighted by Gasteiger charge is -2.47. The summed E-state index contributed by atoms with van der Waals surface area (Å²) in [5.41, 5.74) is 5.98. The number of nitrogens with two attached hydrogens (primary N) is 1. The second kappa shape index (κ2) is 8.87. The first-order valence-electron chi connectivity index (χ1n) is 10.4. The van der Waals surface area contributed by atoms with E-state index in [2.05, 4.69) is 9.62 Å². The lowest BCUT2D eigenvalue weighted by molar-refractivity contribution is -0.123. The Morgan fingerprint density at radius 1 is 1.03 bits per heavy atom. The summed E-state index contributed by atoms with van der Waals surface area (Å²) in [5.74, 6) is -1.14. The van der Waals surface area contributed by atoms with Crippen LogP contribution in [-0.4, -0.2) is 62.3 Å². The molecule has 2 heterocycles. The van der Waals surface area contributed by atoms with E-state index in [0.717, 1.165) is 32.0 Å². The first-order chi connectivity index (χ1) is 15.2. The molecule has 2 aromatic carbocycles. The highest BCUT2D eigenvalue weighted by molar-refractivity contribution is 7.92. The number of amides is 2. The van der Waals surface area contributed by atoms with Gasteiger partial charge in [0.25, 0.3) is 15.9 Å². The van der Waals surface area contributed by atoms with Crippen molar-refractivity contribution in [2.24, 2.45) is 11.7 Å². The summed E-state index contributed by atoms with van der Waals surface area (Å²) in [4.78, 5) is 28.0. The van der Waals surface area contributed by atoms with Gasteiger partial charge in [-0.1, -0.05) is 12.1 Å². The lowest BCUT2D eigenvalue weighted by atomic mass is 9.93. The Labute approximate surface area is 186 Å². The second-order valence-electron chi connectivity index (χ2n) is 8.22. The highest BCUT2D eigenvalue weighted by Crippen LogP contribution is 2.25. The number of nitrogens with one attached hydrogen (secondary N) is 1. The lowest BCUT2D eigenvalue weighted by Crippen LogP contribution is -2.62. The maximum absolute atomic E-state index is 13.4. The maximum Gasteiger partial charge on any atom is 0.261 e. The van der Waals surface area contributed by atoms with Crippen molar-refractivity contribution in [1.82, 2.24) is 9.80 Å². The molecule has 0 spiro atoms. The maximum atomic E-state index is 13.4. The summed E-state index contributed by atoms with van der Waals surface area (Å²) in [7, 11) is -3.98. The predicted molar refractivity (Wildman–Crippen MR) is 117 cm³/mol. The van der Waals surface area contributed by atoms with Crippen LogP contribution in [0.5, 0.6) is 0 Å². The number of carbonyl (C=O) groups excluding carboxylic acids is 2. The van der Waals surface area contributed by atoms with Crippen molar-refractivity contribution in [2.45, 2.75) is 23.8 Å². The van der Waals surface area contributed by atoms with Gasteiger partial charge in [0.1, 0.15) is 5.82 Å². The van der Waals surface area contributed by atoms with Crippen LogP contribution in [0.3, 0.4) is 0 Å². The molecule has 8 nitrogen and oxygen atoms in total. The number of nitrogens with zero attached hydrogens (tertiary/aromatic N) is 2. The number of benzene rings is 2. The fourth-order valence-corrected chi connectivity index (χ4v) is 5.23. The van der Waals surface area contributed by atoms with Crippen LogP contribution in [0.4, 0.5) is 10.1 Å². The van der Waals surface area contributed by atoms with E-state index in [4.69, 9.17) is 5.73 Å². The molecule has 0 aromatic heterocycles. The Balaban J connectivity index is 1.36. The van der Waals surface area contributed by atoms with Crippen molar-refractivity contribution < 1.29 is 22.4 Å². The number of rotatable bonds is 6. The molecule has 2 amide bonds. The molecule has 170 valence electrons. The summed E-state index contributed by atoms with van der Waals surface area (Å²) in [6.07, 6.45) is 1.49. The number of hydrogen-bond donors (Lipinski definition) is 2. The van der Waals surface area contributed by atoms with E-state index in [1.165, 1.54) is 30.3 Å². The monoisotopic (exact) mass is 460 g/mol. The van der Waals surface area contributed by atoms with Crippen LogP contribution in [0.15, 0.2) is 53.4 Å². The highest BCUT2D eigenvalue weighted by Gasteiger charge is 2.37. The molecule has 0 radical (unpaired) electrons. The van der Waals surface area contributed by atoms with Gasteiger partial charge in [0, 0.05) is 36.3 Å².